The average Bonchev–Trinajstić information content (AvgIpc) is 3.36. The highest BCUT2D eigenvalue weighted by Gasteiger charge is 2.25. The monoisotopic (exact) mass is 376 g/mol. The van der Waals surface area contributed by atoms with E-state index in [1.54, 1.807) is 0 Å². The van der Waals surface area contributed by atoms with E-state index in [0.29, 0.717) is 37.7 Å². The number of carbonyl (C=O) groups is 1. The Bertz CT molecular complexity index is 925. The van der Waals surface area contributed by atoms with Gasteiger partial charge in [-0.25, -0.2) is 8.42 Å². The van der Waals surface area contributed by atoms with Crippen LogP contribution in [0.4, 0.5) is 5.82 Å². The number of hydrogen-bond acceptors (Lipinski definition) is 4. The number of carbonyl (C=O) groups excluding carboxylic acids is 1. The minimum absolute atomic E-state index is 0.0413. The number of anilines is 1. The molecule has 0 spiro atoms. The molecule has 26 heavy (non-hydrogen) atoms. The molecule has 1 saturated heterocycles. The maximum absolute atomic E-state index is 12.4. The van der Waals surface area contributed by atoms with Gasteiger partial charge in [0.2, 0.25) is 10.0 Å². The van der Waals surface area contributed by atoms with E-state index in [9.17, 15) is 13.2 Å². The average molecular weight is 376 g/mol. The summed E-state index contributed by atoms with van der Waals surface area (Å²) in [7, 11) is -3.14. The number of amides is 1. The van der Waals surface area contributed by atoms with Crippen LogP contribution in [-0.4, -0.2) is 62.0 Å². The number of hydrogen-bond donors (Lipinski definition) is 1. The molecule has 1 N–H and O–H groups in total. The molecule has 1 amide bonds. The van der Waals surface area contributed by atoms with Gasteiger partial charge in [-0.1, -0.05) is 0 Å². The van der Waals surface area contributed by atoms with Crippen LogP contribution in [0.25, 0.3) is 5.52 Å². The van der Waals surface area contributed by atoms with Crippen molar-refractivity contribution < 1.29 is 13.2 Å². The third-order valence-corrected chi connectivity index (χ3v) is 6.48. The van der Waals surface area contributed by atoms with Crippen molar-refractivity contribution in [2.45, 2.75) is 12.8 Å². The molecular weight excluding hydrogens is 352 g/mol. The van der Waals surface area contributed by atoms with Crippen molar-refractivity contribution in [2.24, 2.45) is 5.92 Å². The van der Waals surface area contributed by atoms with Crippen molar-refractivity contribution >= 4 is 27.3 Å². The lowest BCUT2D eigenvalue weighted by atomic mass is 10.2. The summed E-state index contributed by atoms with van der Waals surface area (Å²) in [5.41, 5.74) is 1.66. The first kappa shape index (κ1) is 17.4. The number of nitrogens with zero attached hydrogens (tertiary/aromatic N) is 3. The van der Waals surface area contributed by atoms with Crippen LogP contribution in [0.1, 0.15) is 23.2 Å². The third kappa shape index (κ3) is 3.57. The molecular formula is C18H24N4O3S. The Morgan fingerprint density at radius 3 is 2.46 bits per heavy atom. The van der Waals surface area contributed by atoms with E-state index < -0.39 is 10.0 Å². The Hall–Kier alpha value is -2.06. The Morgan fingerprint density at radius 2 is 1.81 bits per heavy atom. The van der Waals surface area contributed by atoms with Gasteiger partial charge in [-0.05, 0) is 43.0 Å². The van der Waals surface area contributed by atoms with Crippen molar-refractivity contribution in [1.29, 1.82) is 0 Å². The lowest BCUT2D eigenvalue weighted by Gasteiger charge is -2.34. The first-order valence-electron chi connectivity index (χ1n) is 9.01. The molecule has 2 aromatic rings. The molecule has 2 aliphatic rings. The molecule has 0 aromatic carbocycles. The maximum atomic E-state index is 12.4. The molecule has 7 nitrogen and oxygen atoms in total. The predicted octanol–water partition coefficient (Wildman–Crippen LogP) is 1.16. The van der Waals surface area contributed by atoms with Gasteiger partial charge in [-0.15, -0.1) is 0 Å². The van der Waals surface area contributed by atoms with Gasteiger partial charge >= 0.3 is 0 Å². The molecule has 8 heteroatoms. The second-order valence-electron chi connectivity index (χ2n) is 7.21. The van der Waals surface area contributed by atoms with Gasteiger partial charge in [0.05, 0.1) is 11.8 Å². The normalized spacial score (nSPS) is 19.0. The molecule has 0 bridgehead atoms. The van der Waals surface area contributed by atoms with Crippen LogP contribution in [0.2, 0.25) is 0 Å². The summed E-state index contributed by atoms with van der Waals surface area (Å²) in [6.07, 6.45) is 5.54. The first-order chi connectivity index (χ1) is 12.4. The minimum atomic E-state index is -3.14. The number of fused-ring (bicyclic) bond motifs is 1. The largest absolute Gasteiger partial charge is 0.355 e. The van der Waals surface area contributed by atoms with E-state index in [1.807, 2.05) is 34.9 Å². The van der Waals surface area contributed by atoms with Gasteiger partial charge in [0, 0.05) is 44.4 Å². The summed E-state index contributed by atoms with van der Waals surface area (Å²) >= 11 is 0. The summed E-state index contributed by atoms with van der Waals surface area (Å²) in [6, 6.07) is 7.84. The van der Waals surface area contributed by atoms with Crippen LogP contribution in [0.5, 0.6) is 0 Å². The van der Waals surface area contributed by atoms with E-state index in [4.69, 9.17) is 0 Å². The third-order valence-electron chi connectivity index (χ3n) is 5.17. The van der Waals surface area contributed by atoms with Crippen molar-refractivity contribution in [1.82, 2.24) is 14.0 Å². The van der Waals surface area contributed by atoms with Crippen molar-refractivity contribution in [3.05, 3.63) is 36.0 Å². The van der Waals surface area contributed by atoms with E-state index in [1.165, 1.54) is 23.4 Å². The molecule has 140 valence electrons. The zero-order valence-corrected chi connectivity index (χ0v) is 15.7. The number of nitrogens with one attached hydrogen (secondary N) is 1. The second kappa shape index (κ2) is 6.59. The Morgan fingerprint density at radius 1 is 1.12 bits per heavy atom. The zero-order chi connectivity index (χ0) is 18.3. The maximum Gasteiger partial charge on any atom is 0.252 e. The Kier molecular flexibility index (Phi) is 4.40. The van der Waals surface area contributed by atoms with Gasteiger partial charge in [0.25, 0.3) is 5.91 Å². The fraction of sp³-hybridized carbons (Fsp3) is 0.500. The standard InChI is InChI=1S/C18H24N4O3S/c1-26(24,25)21-10-8-20(9-11-21)17-7-6-16-5-4-15(13-22(16)17)18(23)19-12-14-2-3-14/h4-7,13-14H,2-3,8-12H2,1H3,(H,19,23). The highest BCUT2D eigenvalue weighted by Crippen LogP contribution is 2.27. The van der Waals surface area contributed by atoms with E-state index in [-0.39, 0.29) is 5.91 Å². The number of piperazine rings is 1. The lowest BCUT2D eigenvalue weighted by Crippen LogP contribution is -2.48. The van der Waals surface area contributed by atoms with Gasteiger partial charge < -0.3 is 14.6 Å². The fourth-order valence-corrected chi connectivity index (χ4v) is 4.22. The van der Waals surface area contributed by atoms with Crippen molar-refractivity contribution in [2.75, 3.05) is 43.9 Å². The first-order valence-corrected chi connectivity index (χ1v) is 10.9. The van der Waals surface area contributed by atoms with Crippen LogP contribution in [0.15, 0.2) is 30.5 Å². The lowest BCUT2D eigenvalue weighted by molar-refractivity contribution is 0.0951. The highest BCUT2D eigenvalue weighted by molar-refractivity contribution is 7.88. The number of pyridine rings is 1. The molecule has 2 fully saturated rings. The molecule has 4 rings (SSSR count). The molecule has 3 heterocycles. The number of aromatic nitrogens is 1. The predicted molar refractivity (Wildman–Crippen MR) is 101 cm³/mol. The highest BCUT2D eigenvalue weighted by atomic mass is 32.2. The smallest absolute Gasteiger partial charge is 0.252 e. The van der Waals surface area contributed by atoms with Crippen LogP contribution in [0, 0.1) is 5.92 Å². The van der Waals surface area contributed by atoms with E-state index >= 15 is 0 Å². The summed E-state index contributed by atoms with van der Waals surface area (Å²) in [5, 5.41) is 3.00. The summed E-state index contributed by atoms with van der Waals surface area (Å²) in [5.74, 6) is 1.60. The van der Waals surface area contributed by atoms with Crippen molar-refractivity contribution in [3.8, 4) is 0 Å². The Labute approximate surface area is 153 Å². The van der Waals surface area contributed by atoms with Gasteiger partial charge in [-0.2, -0.15) is 4.31 Å². The molecule has 0 radical (unpaired) electrons. The van der Waals surface area contributed by atoms with Crippen LogP contribution in [0.3, 0.4) is 0 Å². The number of rotatable bonds is 5. The molecule has 2 aromatic heterocycles. The van der Waals surface area contributed by atoms with Crippen LogP contribution >= 0.6 is 0 Å². The van der Waals surface area contributed by atoms with Crippen LogP contribution in [-0.2, 0) is 10.0 Å². The van der Waals surface area contributed by atoms with Crippen LogP contribution < -0.4 is 10.2 Å². The minimum Gasteiger partial charge on any atom is -0.355 e. The van der Waals surface area contributed by atoms with Gasteiger partial charge in [-0.3, -0.25) is 4.79 Å². The fourth-order valence-electron chi connectivity index (χ4n) is 3.39. The number of sulfonamides is 1. The zero-order valence-electron chi connectivity index (χ0n) is 14.9. The van der Waals surface area contributed by atoms with Gasteiger partial charge in [0.1, 0.15) is 5.82 Å². The van der Waals surface area contributed by atoms with E-state index in [0.717, 1.165) is 17.9 Å². The Balaban J connectivity index is 1.52. The summed E-state index contributed by atoms with van der Waals surface area (Å²) in [6.45, 7) is 2.98. The molecule has 0 atom stereocenters. The molecule has 1 aliphatic heterocycles. The topological polar surface area (TPSA) is 74.1 Å². The summed E-state index contributed by atoms with van der Waals surface area (Å²) in [4.78, 5) is 14.5. The van der Waals surface area contributed by atoms with Gasteiger partial charge in [0.15, 0.2) is 0 Å². The molecule has 1 saturated carbocycles. The second-order valence-corrected chi connectivity index (χ2v) is 9.19. The molecule has 0 unspecified atom stereocenters. The van der Waals surface area contributed by atoms with E-state index in [2.05, 4.69) is 10.2 Å². The molecule has 1 aliphatic carbocycles. The van der Waals surface area contributed by atoms with Crippen molar-refractivity contribution in [3.63, 3.8) is 0 Å². The quantitative estimate of drug-likeness (QED) is 0.850. The summed E-state index contributed by atoms with van der Waals surface area (Å²) < 4.78 is 26.9. The SMILES string of the molecule is CS(=O)(=O)N1CCN(c2ccc3ccc(C(=O)NCC4CC4)cn23)CC1.